The molecule has 1 N–H and O–H groups in total. The molecule has 0 saturated carbocycles. The normalized spacial score (nSPS) is 17.1. The fourth-order valence-corrected chi connectivity index (χ4v) is 4.24. The zero-order valence-electron chi connectivity index (χ0n) is 16.1. The Morgan fingerprint density at radius 3 is 2.89 bits per heavy atom. The summed E-state index contributed by atoms with van der Waals surface area (Å²) in [7, 11) is 1.97. The number of likely N-dealkylation sites (tertiary alicyclic amines) is 1. The van der Waals surface area contributed by atoms with Crippen molar-refractivity contribution in [2.45, 2.75) is 45.3 Å². The van der Waals surface area contributed by atoms with E-state index < -0.39 is 0 Å². The number of likely N-dealkylation sites (N-methyl/N-ethyl adjacent to an activating group) is 1. The summed E-state index contributed by atoms with van der Waals surface area (Å²) in [6, 6.07) is 7.87. The number of rotatable bonds is 7. The predicted molar refractivity (Wildman–Crippen MR) is 106 cm³/mol. The lowest BCUT2D eigenvalue weighted by molar-refractivity contribution is -0.133. The lowest BCUT2D eigenvalue weighted by Gasteiger charge is -2.28. The Morgan fingerprint density at radius 1 is 1.37 bits per heavy atom. The standard InChI is InChI=1S/C20H27N3O3S/c1-14(2)22(3)13-19(24)23-10-4-7-16(23)17-8-9-18(27-17)20(25)21-12-15-6-5-11-26-15/h5-6,8-9,11,14,16H,4,7,10,12-13H2,1-3H3,(H,21,25)/t16-/m1/s1. The third-order valence-electron chi connectivity index (χ3n) is 5.02. The van der Waals surface area contributed by atoms with Crippen LogP contribution in [-0.2, 0) is 11.3 Å². The molecule has 0 aliphatic carbocycles. The molecule has 2 amide bonds. The molecule has 2 aromatic heterocycles. The number of amides is 2. The lowest BCUT2D eigenvalue weighted by Crippen LogP contribution is -2.40. The highest BCUT2D eigenvalue weighted by Crippen LogP contribution is 2.36. The van der Waals surface area contributed by atoms with Crippen molar-refractivity contribution in [2.75, 3.05) is 20.1 Å². The summed E-state index contributed by atoms with van der Waals surface area (Å²) in [6.45, 7) is 5.75. The van der Waals surface area contributed by atoms with Crippen molar-refractivity contribution in [1.82, 2.24) is 15.1 Å². The van der Waals surface area contributed by atoms with Gasteiger partial charge in [-0.3, -0.25) is 14.5 Å². The zero-order chi connectivity index (χ0) is 19.4. The van der Waals surface area contributed by atoms with Gasteiger partial charge in [0.25, 0.3) is 5.91 Å². The van der Waals surface area contributed by atoms with E-state index in [9.17, 15) is 9.59 Å². The van der Waals surface area contributed by atoms with Gasteiger partial charge in [-0.2, -0.15) is 0 Å². The Kier molecular flexibility index (Phi) is 6.34. The summed E-state index contributed by atoms with van der Waals surface area (Å²) in [5, 5.41) is 2.87. The van der Waals surface area contributed by atoms with E-state index in [0.717, 1.165) is 30.0 Å². The van der Waals surface area contributed by atoms with E-state index in [1.54, 1.807) is 12.3 Å². The van der Waals surface area contributed by atoms with E-state index in [1.165, 1.54) is 11.3 Å². The van der Waals surface area contributed by atoms with Crippen molar-refractivity contribution in [3.05, 3.63) is 46.0 Å². The molecular formula is C20H27N3O3S. The fourth-order valence-electron chi connectivity index (χ4n) is 3.17. The molecule has 0 spiro atoms. The van der Waals surface area contributed by atoms with Crippen LogP contribution in [0, 0.1) is 0 Å². The van der Waals surface area contributed by atoms with Gasteiger partial charge in [-0.15, -0.1) is 11.3 Å². The van der Waals surface area contributed by atoms with E-state index in [2.05, 4.69) is 24.1 Å². The minimum atomic E-state index is -0.113. The molecular weight excluding hydrogens is 362 g/mol. The van der Waals surface area contributed by atoms with E-state index in [4.69, 9.17) is 4.42 Å². The van der Waals surface area contributed by atoms with Gasteiger partial charge in [-0.05, 0) is 58.0 Å². The molecule has 0 unspecified atom stereocenters. The lowest BCUT2D eigenvalue weighted by atomic mass is 10.2. The molecule has 0 aromatic carbocycles. The molecule has 27 heavy (non-hydrogen) atoms. The predicted octanol–water partition coefficient (Wildman–Crippen LogP) is 3.27. The first-order valence-electron chi connectivity index (χ1n) is 9.35. The Balaban J connectivity index is 1.62. The van der Waals surface area contributed by atoms with Crippen LogP contribution >= 0.6 is 11.3 Å². The minimum absolute atomic E-state index is 0.0784. The van der Waals surface area contributed by atoms with E-state index in [0.29, 0.717) is 24.0 Å². The molecule has 1 fully saturated rings. The van der Waals surface area contributed by atoms with Crippen LogP contribution in [0.15, 0.2) is 34.9 Å². The summed E-state index contributed by atoms with van der Waals surface area (Å²) in [5.41, 5.74) is 0. The Bertz CT molecular complexity index is 769. The minimum Gasteiger partial charge on any atom is -0.467 e. The van der Waals surface area contributed by atoms with Crippen LogP contribution in [0.2, 0.25) is 0 Å². The summed E-state index contributed by atoms with van der Waals surface area (Å²) in [6.07, 6.45) is 3.54. The molecule has 3 rings (SSSR count). The summed E-state index contributed by atoms with van der Waals surface area (Å²) >= 11 is 1.47. The average molecular weight is 390 g/mol. The highest BCUT2D eigenvalue weighted by molar-refractivity contribution is 7.14. The molecule has 0 bridgehead atoms. The first-order chi connectivity index (χ1) is 13.0. The van der Waals surface area contributed by atoms with Gasteiger partial charge in [-0.25, -0.2) is 0 Å². The largest absolute Gasteiger partial charge is 0.467 e. The Labute approximate surface area is 164 Å². The van der Waals surface area contributed by atoms with E-state index >= 15 is 0 Å². The van der Waals surface area contributed by atoms with Gasteiger partial charge in [0.1, 0.15) is 5.76 Å². The first-order valence-corrected chi connectivity index (χ1v) is 10.2. The molecule has 0 radical (unpaired) electrons. The molecule has 7 heteroatoms. The van der Waals surface area contributed by atoms with Crippen molar-refractivity contribution >= 4 is 23.2 Å². The van der Waals surface area contributed by atoms with Crippen LogP contribution in [0.5, 0.6) is 0 Å². The molecule has 3 heterocycles. The molecule has 146 valence electrons. The number of nitrogens with one attached hydrogen (secondary N) is 1. The number of carbonyl (C=O) groups is 2. The number of hydrogen-bond donors (Lipinski definition) is 1. The second-order valence-corrected chi connectivity index (χ2v) is 8.33. The fraction of sp³-hybridized carbons (Fsp3) is 0.500. The van der Waals surface area contributed by atoms with Gasteiger partial charge in [-0.1, -0.05) is 0 Å². The highest BCUT2D eigenvalue weighted by Gasteiger charge is 2.31. The van der Waals surface area contributed by atoms with Gasteiger partial charge in [0.2, 0.25) is 5.91 Å². The topological polar surface area (TPSA) is 65.8 Å². The number of nitrogens with zero attached hydrogens (tertiary/aromatic N) is 2. The maximum Gasteiger partial charge on any atom is 0.261 e. The van der Waals surface area contributed by atoms with Crippen LogP contribution in [0.4, 0.5) is 0 Å². The van der Waals surface area contributed by atoms with Gasteiger partial charge in [0.05, 0.1) is 30.3 Å². The number of furan rings is 1. The number of carbonyl (C=O) groups excluding carboxylic acids is 2. The number of thiophene rings is 1. The second-order valence-electron chi connectivity index (χ2n) is 7.22. The van der Waals surface area contributed by atoms with Crippen molar-refractivity contribution in [1.29, 1.82) is 0 Å². The van der Waals surface area contributed by atoms with Gasteiger partial charge >= 0.3 is 0 Å². The quantitative estimate of drug-likeness (QED) is 0.789. The Hall–Kier alpha value is -2.12. The van der Waals surface area contributed by atoms with Crippen LogP contribution in [0.3, 0.4) is 0 Å². The van der Waals surface area contributed by atoms with Gasteiger partial charge in [0.15, 0.2) is 0 Å². The molecule has 1 aliphatic heterocycles. The van der Waals surface area contributed by atoms with Gasteiger partial charge in [0, 0.05) is 17.5 Å². The monoisotopic (exact) mass is 389 g/mol. The molecule has 1 aliphatic rings. The maximum atomic E-state index is 12.7. The maximum absolute atomic E-state index is 12.7. The summed E-state index contributed by atoms with van der Waals surface area (Å²) in [5.74, 6) is 0.769. The van der Waals surface area contributed by atoms with E-state index in [-0.39, 0.29) is 17.9 Å². The summed E-state index contributed by atoms with van der Waals surface area (Å²) in [4.78, 5) is 30.9. The van der Waals surface area contributed by atoms with Crippen LogP contribution < -0.4 is 5.32 Å². The first kappa shape index (κ1) is 19.6. The average Bonchev–Trinajstić information content (AvgIpc) is 3.40. The smallest absolute Gasteiger partial charge is 0.261 e. The number of hydrogen-bond acceptors (Lipinski definition) is 5. The molecule has 1 atom stereocenters. The third-order valence-corrected chi connectivity index (χ3v) is 6.21. The molecule has 2 aromatic rings. The Morgan fingerprint density at radius 2 is 2.19 bits per heavy atom. The van der Waals surface area contributed by atoms with Crippen LogP contribution in [0.1, 0.15) is 53.0 Å². The van der Waals surface area contributed by atoms with Crippen molar-refractivity contribution in [3.8, 4) is 0 Å². The second kappa shape index (κ2) is 8.71. The van der Waals surface area contributed by atoms with Crippen molar-refractivity contribution < 1.29 is 14.0 Å². The highest BCUT2D eigenvalue weighted by atomic mass is 32.1. The van der Waals surface area contributed by atoms with Crippen LogP contribution in [0.25, 0.3) is 0 Å². The summed E-state index contributed by atoms with van der Waals surface area (Å²) < 4.78 is 5.24. The van der Waals surface area contributed by atoms with Crippen molar-refractivity contribution in [3.63, 3.8) is 0 Å². The molecule has 1 saturated heterocycles. The zero-order valence-corrected chi connectivity index (χ0v) is 16.9. The van der Waals surface area contributed by atoms with Gasteiger partial charge < -0.3 is 14.6 Å². The van der Waals surface area contributed by atoms with Crippen molar-refractivity contribution in [2.24, 2.45) is 0 Å². The third kappa shape index (κ3) is 4.78. The van der Waals surface area contributed by atoms with E-state index in [1.807, 2.05) is 30.1 Å². The SMILES string of the molecule is CC(C)N(C)CC(=O)N1CCC[C@@H]1c1ccc(C(=O)NCc2ccco2)s1. The molecule has 6 nitrogen and oxygen atoms in total. The van der Waals surface area contributed by atoms with Crippen LogP contribution in [-0.4, -0.2) is 47.8 Å².